The zero-order chi connectivity index (χ0) is 44.2. The first-order valence-electron chi connectivity index (χ1n) is 20.3. The van der Waals surface area contributed by atoms with Gasteiger partial charge in [-0.2, -0.15) is 19.1 Å². The monoisotopic (exact) mass is 912 g/mol. The van der Waals surface area contributed by atoms with Gasteiger partial charge in [-0.05, 0) is 154 Å². The molecule has 2 saturated heterocycles. The molecule has 2 aliphatic heterocycles. The van der Waals surface area contributed by atoms with Gasteiger partial charge in [-0.25, -0.2) is 16.8 Å². The molecule has 2 aromatic carbocycles. The Morgan fingerprint density at radius 3 is 1.61 bits per heavy atom. The maximum atomic E-state index is 13.1. The highest BCUT2D eigenvalue weighted by molar-refractivity contribution is 9.10. The first kappa shape index (κ1) is 48.4. The molecule has 59 heavy (non-hydrogen) atoms. The molecule has 0 amide bonds. The van der Waals surface area contributed by atoms with E-state index in [1.807, 2.05) is 46.0 Å². The average molecular weight is 914 g/mol. The van der Waals surface area contributed by atoms with Gasteiger partial charge in [0.05, 0.1) is 12.1 Å². The Morgan fingerprint density at radius 2 is 1.20 bits per heavy atom. The van der Waals surface area contributed by atoms with E-state index in [0.717, 1.165) is 29.9 Å². The summed E-state index contributed by atoms with van der Waals surface area (Å²) in [5.74, 6) is -0.458. The number of sulfonamides is 2. The van der Waals surface area contributed by atoms with Crippen molar-refractivity contribution in [3.05, 3.63) is 70.0 Å². The van der Waals surface area contributed by atoms with Crippen molar-refractivity contribution < 1.29 is 16.8 Å². The zero-order valence-electron chi connectivity index (χ0n) is 37.1. The third-order valence-electron chi connectivity index (χ3n) is 12.0. The number of rotatable bonds is 9. The second-order valence-electron chi connectivity index (χ2n) is 18.2. The van der Waals surface area contributed by atoms with Gasteiger partial charge >= 0.3 is 0 Å². The number of hydrogen-bond donors (Lipinski definition) is 0. The lowest BCUT2D eigenvalue weighted by Gasteiger charge is -2.32. The fourth-order valence-corrected chi connectivity index (χ4v) is 11.1. The number of benzene rings is 2. The molecule has 324 valence electrons. The number of likely N-dealkylation sites (N-methyl/N-ethyl adjacent to an activating group) is 2. The molecule has 1 unspecified atom stereocenters. The Balaban J connectivity index is 0.000000218. The lowest BCUT2D eigenvalue weighted by Crippen LogP contribution is -2.44. The molecular weight excluding hydrogens is 849 g/mol. The Kier molecular flexibility index (Phi) is 15.7. The molecule has 0 N–H and O–H groups in total. The smallest absolute Gasteiger partial charge is 0.235 e. The van der Waals surface area contributed by atoms with Crippen molar-refractivity contribution >= 4 is 57.8 Å². The fraction of sp³-hybridized carbons (Fsp3) is 0.591. The minimum Gasteiger partial charge on any atom is -0.350 e. The molecule has 2 aliphatic rings. The average Bonchev–Trinajstić information content (AvgIpc) is 3.90. The number of nitrogens with zero attached hydrogens (tertiary/aromatic N) is 8. The van der Waals surface area contributed by atoms with Gasteiger partial charge in [0.2, 0.25) is 20.0 Å². The Hall–Kier alpha value is -3.28. The molecule has 15 heteroatoms. The van der Waals surface area contributed by atoms with Gasteiger partial charge in [0.15, 0.2) is 11.0 Å². The highest BCUT2D eigenvalue weighted by Crippen LogP contribution is 2.34. The normalized spacial score (nSPS) is 18.7. The van der Waals surface area contributed by atoms with E-state index in [1.54, 1.807) is 40.0 Å². The molecule has 0 aliphatic carbocycles. The van der Waals surface area contributed by atoms with Crippen LogP contribution in [0.4, 0.5) is 0 Å². The molecule has 6 rings (SSSR count). The van der Waals surface area contributed by atoms with Crippen LogP contribution in [0.15, 0.2) is 53.3 Å². The van der Waals surface area contributed by atoms with Crippen LogP contribution in [-0.2, 0) is 47.0 Å². The van der Waals surface area contributed by atoms with E-state index in [1.165, 1.54) is 80.8 Å². The maximum Gasteiger partial charge on any atom is 0.235 e. The van der Waals surface area contributed by atoms with Crippen molar-refractivity contribution in [2.24, 2.45) is 14.1 Å². The van der Waals surface area contributed by atoms with Crippen molar-refractivity contribution in [1.29, 1.82) is 10.5 Å². The summed E-state index contributed by atoms with van der Waals surface area (Å²) < 4.78 is 56.9. The first-order chi connectivity index (χ1) is 27.3. The number of nitriles is 2. The van der Waals surface area contributed by atoms with E-state index >= 15 is 0 Å². The summed E-state index contributed by atoms with van der Waals surface area (Å²) in [6.45, 7) is 13.2. The summed E-state index contributed by atoms with van der Waals surface area (Å²) in [6, 6.07) is 17.1. The van der Waals surface area contributed by atoms with Crippen LogP contribution in [0, 0.1) is 22.7 Å². The van der Waals surface area contributed by atoms with E-state index in [2.05, 4.69) is 86.6 Å². The van der Waals surface area contributed by atoms with Gasteiger partial charge in [-0.15, -0.1) is 0 Å². The largest absolute Gasteiger partial charge is 0.350 e. The quantitative estimate of drug-likeness (QED) is 0.168. The van der Waals surface area contributed by atoms with Gasteiger partial charge in [0.25, 0.3) is 0 Å². The van der Waals surface area contributed by atoms with Crippen molar-refractivity contribution in [2.45, 2.75) is 108 Å². The summed E-state index contributed by atoms with van der Waals surface area (Å²) in [7, 11) is 4.37. The SMILES string of the molecule is CN(C(C)(C)C)S(=O)(=O)CC#N.CN1CCC[C@@H]1Cc1cn(C)c2ccc(Br)cc12.CN1CCC[C@@H]1Cc1cn(C)c2ccc(C(C#N)S(=O)(=O)N(C)C(C)(C)C)cc12. The van der Waals surface area contributed by atoms with Gasteiger partial charge < -0.3 is 18.9 Å². The predicted molar refractivity (Wildman–Crippen MR) is 244 cm³/mol. The molecule has 0 saturated carbocycles. The van der Waals surface area contributed by atoms with Crippen LogP contribution >= 0.6 is 15.9 Å². The van der Waals surface area contributed by atoms with Gasteiger partial charge in [0.1, 0.15) is 0 Å². The maximum absolute atomic E-state index is 13.1. The Morgan fingerprint density at radius 1 is 0.746 bits per heavy atom. The van der Waals surface area contributed by atoms with E-state index in [9.17, 15) is 22.1 Å². The second kappa shape index (κ2) is 19.2. The standard InChI is InChI=1S/C22H32N4O2S.C15H19BrN2.C7H14N2O2S/c1-22(2,3)26(6)29(27,28)21(14-23)16-9-10-20-19(13-16)17(15-25(20)5)12-18-8-7-11-24(18)4;1-17-7-3-4-13(17)8-11-10-18(2)15-6-5-12(16)9-14(11)15;1-7(2,3)9(4)12(10,11)6-5-8/h9-10,13,15,18,21H,7-8,11-12H2,1-6H3;5-6,9-10,13H,3-4,7-8H2,1-2H3;6H2,1-4H3/t18-,21?;13-;/m11./s1. The highest BCUT2D eigenvalue weighted by Gasteiger charge is 2.37. The molecule has 2 aromatic heterocycles. The molecule has 3 atom stereocenters. The van der Waals surface area contributed by atoms with Crippen LogP contribution in [0.5, 0.6) is 0 Å². The van der Waals surface area contributed by atoms with Crippen LogP contribution in [0.1, 0.15) is 89.2 Å². The topological polar surface area (TPSA) is 139 Å². The van der Waals surface area contributed by atoms with Crippen molar-refractivity contribution in [3.63, 3.8) is 0 Å². The minimum atomic E-state index is -3.81. The summed E-state index contributed by atoms with van der Waals surface area (Å²) >= 11 is 3.58. The van der Waals surface area contributed by atoms with Crippen LogP contribution in [0.2, 0.25) is 0 Å². The third-order valence-corrected chi connectivity index (χ3v) is 16.7. The molecule has 4 heterocycles. The number of aromatic nitrogens is 2. The fourth-order valence-electron chi connectivity index (χ4n) is 7.86. The number of hydrogen-bond acceptors (Lipinski definition) is 8. The zero-order valence-corrected chi connectivity index (χ0v) is 40.3. The number of aryl methyl sites for hydroxylation is 2. The summed E-state index contributed by atoms with van der Waals surface area (Å²) in [4.78, 5) is 4.89. The third kappa shape index (κ3) is 11.6. The second-order valence-corrected chi connectivity index (χ2v) is 23.1. The lowest BCUT2D eigenvalue weighted by molar-refractivity contribution is 0.290. The Bertz CT molecular complexity index is 2400. The number of likely N-dealkylation sites (tertiary alicyclic amines) is 2. The molecule has 12 nitrogen and oxygen atoms in total. The van der Waals surface area contributed by atoms with E-state index < -0.39 is 42.1 Å². The Labute approximate surface area is 362 Å². The molecule has 4 aromatic rings. The van der Waals surface area contributed by atoms with Crippen LogP contribution in [-0.4, -0.2) is 115 Å². The van der Waals surface area contributed by atoms with Crippen LogP contribution < -0.4 is 0 Å². The molecule has 0 bridgehead atoms. The number of halogens is 1. The minimum absolute atomic E-state index is 0.458. The van der Waals surface area contributed by atoms with Crippen molar-refractivity contribution in [1.82, 2.24) is 27.5 Å². The summed E-state index contributed by atoms with van der Waals surface area (Å²) in [5, 5.41) is 19.2. The van der Waals surface area contributed by atoms with E-state index in [0.29, 0.717) is 11.6 Å². The van der Waals surface area contributed by atoms with Gasteiger partial charge in [0, 0.05) is 90.0 Å². The van der Waals surface area contributed by atoms with Crippen LogP contribution in [0.25, 0.3) is 21.8 Å². The molecule has 2 fully saturated rings. The highest BCUT2D eigenvalue weighted by atomic mass is 79.9. The van der Waals surface area contributed by atoms with E-state index in [4.69, 9.17) is 5.26 Å². The summed E-state index contributed by atoms with van der Waals surface area (Å²) in [5.41, 5.74) is 4.55. The van der Waals surface area contributed by atoms with Crippen molar-refractivity contribution in [2.75, 3.05) is 47.0 Å². The van der Waals surface area contributed by atoms with Gasteiger partial charge in [-0.3, -0.25) is 0 Å². The van der Waals surface area contributed by atoms with Gasteiger partial charge in [-0.1, -0.05) is 22.0 Å². The molecule has 0 radical (unpaired) electrons. The predicted octanol–water partition coefficient (Wildman–Crippen LogP) is 7.59. The molecular formula is C44H65BrN8O4S2. The van der Waals surface area contributed by atoms with Crippen molar-refractivity contribution in [3.8, 4) is 12.1 Å². The van der Waals surface area contributed by atoms with Crippen LogP contribution in [0.3, 0.4) is 0 Å². The number of fused-ring (bicyclic) bond motifs is 2. The first-order valence-corrected chi connectivity index (χ1v) is 24.2. The lowest BCUT2D eigenvalue weighted by atomic mass is 10.0. The summed E-state index contributed by atoms with van der Waals surface area (Å²) in [6.07, 6.45) is 11.6. The molecule has 0 spiro atoms. The van der Waals surface area contributed by atoms with E-state index in [-0.39, 0.29) is 0 Å².